The number of aromatic nitrogens is 1. The Labute approximate surface area is 109 Å². The third-order valence-corrected chi connectivity index (χ3v) is 4.54. The molecular formula is C12H19N3O2S. The average Bonchev–Trinajstić information content (AvgIpc) is 2.38. The van der Waals surface area contributed by atoms with Gasteiger partial charge in [0.15, 0.2) is 0 Å². The number of anilines is 1. The smallest absolute Gasteiger partial charge is 0.244 e. The van der Waals surface area contributed by atoms with Crippen molar-refractivity contribution in [3.8, 4) is 0 Å². The predicted molar refractivity (Wildman–Crippen MR) is 73.0 cm³/mol. The molecule has 100 valence electrons. The molecule has 0 bridgehead atoms. The molecule has 0 aliphatic heterocycles. The first kappa shape index (κ1) is 14.7. The summed E-state index contributed by atoms with van der Waals surface area (Å²) in [5.41, 5.74) is 0. The molecule has 0 spiro atoms. The van der Waals surface area contributed by atoms with E-state index < -0.39 is 10.0 Å². The number of pyridine rings is 1. The van der Waals surface area contributed by atoms with E-state index in [9.17, 15) is 8.42 Å². The van der Waals surface area contributed by atoms with Crippen molar-refractivity contribution in [3.63, 3.8) is 0 Å². The first-order chi connectivity index (χ1) is 8.56. The Morgan fingerprint density at radius 3 is 2.50 bits per heavy atom. The van der Waals surface area contributed by atoms with Gasteiger partial charge in [-0.15, -0.1) is 6.58 Å². The monoisotopic (exact) mass is 269 g/mol. The molecule has 0 radical (unpaired) electrons. The summed E-state index contributed by atoms with van der Waals surface area (Å²) >= 11 is 0. The van der Waals surface area contributed by atoms with Crippen molar-refractivity contribution in [2.75, 3.05) is 25.0 Å². The highest BCUT2D eigenvalue weighted by Gasteiger charge is 2.21. The van der Waals surface area contributed by atoms with Crippen molar-refractivity contribution in [1.29, 1.82) is 0 Å². The van der Waals surface area contributed by atoms with Gasteiger partial charge in [-0.25, -0.2) is 13.4 Å². The Hall–Kier alpha value is -1.40. The maximum absolute atomic E-state index is 12.2. The van der Waals surface area contributed by atoms with Gasteiger partial charge in [0.25, 0.3) is 0 Å². The maximum atomic E-state index is 12.2. The van der Waals surface area contributed by atoms with Gasteiger partial charge < -0.3 is 5.32 Å². The Bertz CT molecular complexity index is 479. The molecule has 1 rings (SSSR count). The topological polar surface area (TPSA) is 62.3 Å². The SMILES string of the molecule is C=CCNc1ccc(S(=O)(=O)N(CC)CC)cn1. The van der Waals surface area contributed by atoms with Crippen molar-refractivity contribution in [2.24, 2.45) is 0 Å². The summed E-state index contributed by atoms with van der Waals surface area (Å²) in [5, 5.41) is 2.99. The molecule has 5 nitrogen and oxygen atoms in total. The van der Waals surface area contributed by atoms with E-state index in [4.69, 9.17) is 0 Å². The number of nitrogens with zero attached hydrogens (tertiary/aromatic N) is 2. The Morgan fingerprint density at radius 2 is 2.06 bits per heavy atom. The Balaban J connectivity index is 2.93. The summed E-state index contributed by atoms with van der Waals surface area (Å²) in [6.07, 6.45) is 3.08. The average molecular weight is 269 g/mol. The second-order valence-electron chi connectivity index (χ2n) is 3.64. The normalized spacial score (nSPS) is 11.5. The van der Waals surface area contributed by atoms with Gasteiger partial charge in [0.1, 0.15) is 10.7 Å². The molecule has 18 heavy (non-hydrogen) atoms. The largest absolute Gasteiger partial charge is 0.367 e. The van der Waals surface area contributed by atoms with E-state index in [1.54, 1.807) is 18.2 Å². The van der Waals surface area contributed by atoms with Crippen LogP contribution in [0.4, 0.5) is 5.82 Å². The molecular weight excluding hydrogens is 250 g/mol. The molecule has 0 aliphatic rings. The van der Waals surface area contributed by atoms with Crippen LogP contribution < -0.4 is 5.32 Å². The van der Waals surface area contributed by atoms with Crippen LogP contribution >= 0.6 is 0 Å². The predicted octanol–water partition coefficient (Wildman–Crippen LogP) is 1.71. The van der Waals surface area contributed by atoms with Crippen molar-refractivity contribution in [2.45, 2.75) is 18.7 Å². The van der Waals surface area contributed by atoms with E-state index in [0.717, 1.165) is 0 Å². The molecule has 1 aromatic rings. The van der Waals surface area contributed by atoms with Gasteiger partial charge in [-0.05, 0) is 12.1 Å². The molecule has 1 heterocycles. The zero-order valence-electron chi connectivity index (χ0n) is 10.8. The fraction of sp³-hybridized carbons (Fsp3) is 0.417. The van der Waals surface area contributed by atoms with Crippen LogP contribution in [0.1, 0.15) is 13.8 Å². The second kappa shape index (κ2) is 6.51. The minimum Gasteiger partial charge on any atom is -0.367 e. The van der Waals surface area contributed by atoms with Crippen molar-refractivity contribution >= 4 is 15.8 Å². The fourth-order valence-electron chi connectivity index (χ4n) is 1.53. The quantitative estimate of drug-likeness (QED) is 0.765. The zero-order chi connectivity index (χ0) is 13.6. The molecule has 1 aromatic heterocycles. The van der Waals surface area contributed by atoms with Gasteiger partial charge in [0.05, 0.1) is 0 Å². The molecule has 0 unspecified atom stereocenters. The maximum Gasteiger partial charge on any atom is 0.244 e. The highest BCUT2D eigenvalue weighted by atomic mass is 32.2. The van der Waals surface area contributed by atoms with Crippen LogP contribution in [-0.4, -0.2) is 37.3 Å². The zero-order valence-corrected chi connectivity index (χ0v) is 11.6. The lowest BCUT2D eigenvalue weighted by atomic mass is 10.4. The third kappa shape index (κ3) is 3.30. The van der Waals surface area contributed by atoms with E-state index >= 15 is 0 Å². The van der Waals surface area contributed by atoms with E-state index in [1.807, 2.05) is 13.8 Å². The van der Waals surface area contributed by atoms with Crippen LogP contribution in [-0.2, 0) is 10.0 Å². The second-order valence-corrected chi connectivity index (χ2v) is 5.58. The lowest BCUT2D eigenvalue weighted by molar-refractivity contribution is 0.445. The van der Waals surface area contributed by atoms with Crippen molar-refractivity contribution < 1.29 is 8.42 Å². The number of hydrogen-bond donors (Lipinski definition) is 1. The van der Waals surface area contributed by atoms with Crippen LogP contribution in [0.5, 0.6) is 0 Å². The summed E-state index contributed by atoms with van der Waals surface area (Å²) in [6, 6.07) is 3.21. The Morgan fingerprint density at radius 1 is 1.39 bits per heavy atom. The summed E-state index contributed by atoms with van der Waals surface area (Å²) in [5.74, 6) is 0.633. The van der Waals surface area contributed by atoms with Crippen LogP contribution in [0.15, 0.2) is 35.9 Å². The van der Waals surface area contributed by atoms with Crippen LogP contribution in [0.2, 0.25) is 0 Å². The summed E-state index contributed by atoms with van der Waals surface area (Å²) in [4.78, 5) is 4.29. The van der Waals surface area contributed by atoms with Gasteiger partial charge in [-0.2, -0.15) is 4.31 Å². The van der Waals surface area contributed by atoms with Gasteiger partial charge in [0, 0.05) is 25.8 Å². The minimum atomic E-state index is -3.42. The third-order valence-electron chi connectivity index (χ3n) is 2.51. The first-order valence-corrected chi connectivity index (χ1v) is 7.31. The van der Waals surface area contributed by atoms with E-state index in [-0.39, 0.29) is 4.90 Å². The van der Waals surface area contributed by atoms with E-state index in [0.29, 0.717) is 25.5 Å². The minimum absolute atomic E-state index is 0.218. The molecule has 0 fully saturated rings. The molecule has 1 N–H and O–H groups in total. The molecule has 0 saturated carbocycles. The van der Waals surface area contributed by atoms with Crippen molar-refractivity contribution in [3.05, 3.63) is 31.0 Å². The van der Waals surface area contributed by atoms with Crippen LogP contribution in [0.25, 0.3) is 0 Å². The van der Waals surface area contributed by atoms with Gasteiger partial charge in [-0.1, -0.05) is 19.9 Å². The molecule has 0 amide bonds. The summed E-state index contributed by atoms with van der Waals surface area (Å²) in [7, 11) is -3.42. The number of rotatable bonds is 7. The highest BCUT2D eigenvalue weighted by Crippen LogP contribution is 2.15. The van der Waals surface area contributed by atoms with E-state index in [1.165, 1.54) is 10.5 Å². The van der Waals surface area contributed by atoms with Gasteiger partial charge in [-0.3, -0.25) is 0 Å². The molecule has 0 saturated heterocycles. The first-order valence-electron chi connectivity index (χ1n) is 5.87. The summed E-state index contributed by atoms with van der Waals surface area (Å²) < 4.78 is 25.7. The van der Waals surface area contributed by atoms with Gasteiger partial charge in [0.2, 0.25) is 10.0 Å². The standard InChI is InChI=1S/C12H19N3O2S/c1-4-9-13-12-8-7-11(10-14-12)18(16,17)15(5-2)6-3/h4,7-8,10H,1,5-6,9H2,2-3H3,(H,13,14). The molecule has 6 heteroatoms. The Kier molecular flexibility index (Phi) is 5.30. The summed E-state index contributed by atoms with van der Waals surface area (Å²) in [6.45, 7) is 8.71. The van der Waals surface area contributed by atoms with Crippen LogP contribution in [0, 0.1) is 0 Å². The lowest BCUT2D eigenvalue weighted by Crippen LogP contribution is -2.30. The number of sulfonamides is 1. The lowest BCUT2D eigenvalue weighted by Gasteiger charge is -2.18. The highest BCUT2D eigenvalue weighted by molar-refractivity contribution is 7.89. The molecule has 0 aromatic carbocycles. The van der Waals surface area contributed by atoms with Crippen LogP contribution in [0.3, 0.4) is 0 Å². The number of nitrogens with one attached hydrogen (secondary N) is 1. The number of hydrogen-bond acceptors (Lipinski definition) is 4. The van der Waals surface area contributed by atoms with E-state index in [2.05, 4.69) is 16.9 Å². The fourth-order valence-corrected chi connectivity index (χ4v) is 2.93. The molecule has 0 aliphatic carbocycles. The van der Waals surface area contributed by atoms with Gasteiger partial charge >= 0.3 is 0 Å². The molecule has 0 atom stereocenters. The van der Waals surface area contributed by atoms with Crippen molar-refractivity contribution in [1.82, 2.24) is 9.29 Å².